The Morgan fingerprint density at radius 3 is 2.24 bits per heavy atom. The summed E-state index contributed by atoms with van der Waals surface area (Å²) in [4.78, 5) is 21.6. The van der Waals surface area contributed by atoms with Crippen LogP contribution >= 0.6 is 0 Å². The minimum atomic E-state index is -0.318. The van der Waals surface area contributed by atoms with Crippen LogP contribution in [0.15, 0.2) is 77.9 Å². The lowest BCUT2D eigenvalue weighted by Crippen LogP contribution is -2.24. The van der Waals surface area contributed by atoms with Gasteiger partial charge in [0.2, 0.25) is 0 Å². The molecule has 5 rings (SSSR count). The molecule has 2 N–H and O–H groups in total. The fourth-order valence-electron chi connectivity index (χ4n) is 3.93. The first-order chi connectivity index (χ1) is 16.5. The molecule has 0 spiro atoms. The number of fused-ring (bicyclic) bond motifs is 1. The molecule has 0 radical (unpaired) electrons. The molecule has 5 aromatic rings. The summed E-state index contributed by atoms with van der Waals surface area (Å²) in [6.07, 6.45) is 1.42. The first-order valence-electron chi connectivity index (χ1n) is 11.2. The van der Waals surface area contributed by atoms with E-state index in [1.54, 1.807) is 10.7 Å². The van der Waals surface area contributed by atoms with Crippen molar-refractivity contribution in [2.75, 3.05) is 5.73 Å². The molecular weight excluding hydrogens is 426 g/mol. The molecule has 0 aliphatic rings. The van der Waals surface area contributed by atoms with E-state index in [1.807, 2.05) is 88.4 Å². The van der Waals surface area contributed by atoms with Gasteiger partial charge in [-0.25, -0.2) is 14.6 Å². The summed E-state index contributed by atoms with van der Waals surface area (Å²) in [6.45, 7) is 7.84. The van der Waals surface area contributed by atoms with Crippen molar-refractivity contribution in [2.24, 2.45) is 0 Å². The highest BCUT2D eigenvalue weighted by Crippen LogP contribution is 2.31. The summed E-state index contributed by atoms with van der Waals surface area (Å²) in [5.74, 6) is 0.381. The monoisotopic (exact) mass is 453 g/mol. The second-order valence-corrected chi connectivity index (χ2v) is 7.56. The van der Waals surface area contributed by atoms with Crippen LogP contribution in [0.1, 0.15) is 38.1 Å². The van der Waals surface area contributed by atoms with Gasteiger partial charge in [-0.05, 0) is 26.0 Å². The Hall–Kier alpha value is -4.33. The fourth-order valence-corrected chi connectivity index (χ4v) is 3.93. The van der Waals surface area contributed by atoms with Crippen molar-refractivity contribution in [3.8, 4) is 16.9 Å². The smallest absolute Gasteiger partial charge is 0.271 e. The van der Waals surface area contributed by atoms with E-state index in [2.05, 4.69) is 15.1 Å². The standard InChI is InChI=1S/C24H21N7O.C2H6/c1-15-21-23(25)26-14-27-24(21)30(28-15)16(2)19-13-20(32)31(18-11-7-4-8-12-18)29-22(19)17-9-5-3-6-10-17;1-2/h3-14,16H,1-2H3,(H2,25,26,27);1-2H3. The van der Waals surface area contributed by atoms with Gasteiger partial charge >= 0.3 is 0 Å². The predicted octanol–water partition coefficient (Wildman–Crippen LogP) is 4.57. The number of benzene rings is 2. The summed E-state index contributed by atoms with van der Waals surface area (Å²) in [7, 11) is 0. The lowest BCUT2D eigenvalue weighted by molar-refractivity contribution is 0.569. The molecule has 8 heteroatoms. The van der Waals surface area contributed by atoms with Gasteiger partial charge in [0.1, 0.15) is 12.1 Å². The van der Waals surface area contributed by atoms with Crippen molar-refractivity contribution in [3.05, 3.63) is 94.7 Å². The van der Waals surface area contributed by atoms with Crippen molar-refractivity contribution in [1.29, 1.82) is 0 Å². The zero-order valence-corrected chi connectivity index (χ0v) is 19.7. The highest BCUT2D eigenvalue weighted by molar-refractivity contribution is 5.88. The second kappa shape index (κ2) is 9.66. The Bertz CT molecular complexity index is 1470. The van der Waals surface area contributed by atoms with Gasteiger partial charge < -0.3 is 5.73 Å². The van der Waals surface area contributed by atoms with Crippen LogP contribution in [-0.4, -0.2) is 29.5 Å². The molecule has 1 atom stereocenters. The molecule has 34 heavy (non-hydrogen) atoms. The van der Waals surface area contributed by atoms with Crippen LogP contribution in [0.2, 0.25) is 0 Å². The summed E-state index contributed by atoms with van der Waals surface area (Å²) >= 11 is 0. The molecule has 8 nitrogen and oxygen atoms in total. The third-order valence-electron chi connectivity index (χ3n) is 5.52. The maximum absolute atomic E-state index is 13.1. The van der Waals surface area contributed by atoms with Crippen molar-refractivity contribution in [3.63, 3.8) is 0 Å². The zero-order chi connectivity index (χ0) is 24.2. The SMILES string of the molecule is CC.Cc1nn(C(C)c2cc(=O)n(-c3ccccc3)nc2-c2ccccc2)c2ncnc(N)c12. The predicted molar refractivity (Wildman–Crippen MR) is 135 cm³/mol. The molecule has 3 aromatic heterocycles. The lowest BCUT2D eigenvalue weighted by Gasteiger charge is -2.18. The van der Waals surface area contributed by atoms with Gasteiger partial charge in [0.15, 0.2) is 5.65 Å². The molecular formula is C26H27N7O. The fraction of sp³-hybridized carbons (Fsp3) is 0.192. The molecule has 0 amide bonds. The maximum Gasteiger partial charge on any atom is 0.271 e. The van der Waals surface area contributed by atoms with Crippen molar-refractivity contribution < 1.29 is 0 Å². The summed E-state index contributed by atoms with van der Waals surface area (Å²) in [5, 5.41) is 10.2. The van der Waals surface area contributed by atoms with Crippen LogP contribution in [0.3, 0.4) is 0 Å². The first kappa shape index (κ1) is 22.8. The van der Waals surface area contributed by atoms with Gasteiger partial charge in [-0.3, -0.25) is 4.79 Å². The largest absolute Gasteiger partial charge is 0.383 e. The molecule has 172 valence electrons. The zero-order valence-electron chi connectivity index (χ0n) is 19.7. The molecule has 0 fully saturated rings. The third kappa shape index (κ3) is 4.05. The molecule has 0 aliphatic heterocycles. The molecule has 0 saturated carbocycles. The van der Waals surface area contributed by atoms with Crippen molar-refractivity contribution in [2.45, 2.75) is 33.7 Å². The van der Waals surface area contributed by atoms with E-state index in [-0.39, 0.29) is 11.6 Å². The summed E-state index contributed by atoms with van der Waals surface area (Å²) in [5.41, 5.74) is 10.3. The van der Waals surface area contributed by atoms with Crippen LogP contribution in [-0.2, 0) is 0 Å². The Morgan fingerprint density at radius 2 is 1.56 bits per heavy atom. The van der Waals surface area contributed by atoms with E-state index in [0.717, 1.165) is 16.8 Å². The van der Waals surface area contributed by atoms with Gasteiger partial charge in [-0.15, -0.1) is 0 Å². The Kier molecular flexibility index (Phi) is 6.49. The lowest BCUT2D eigenvalue weighted by atomic mass is 10.0. The topological polar surface area (TPSA) is 105 Å². The molecule has 0 bridgehead atoms. The van der Waals surface area contributed by atoms with E-state index in [4.69, 9.17) is 10.8 Å². The molecule has 2 aromatic carbocycles. The van der Waals surface area contributed by atoms with Crippen LogP contribution in [0, 0.1) is 6.92 Å². The van der Waals surface area contributed by atoms with Crippen LogP contribution in [0.5, 0.6) is 0 Å². The van der Waals surface area contributed by atoms with Crippen molar-refractivity contribution in [1.82, 2.24) is 29.5 Å². The highest BCUT2D eigenvalue weighted by atomic mass is 16.1. The van der Waals surface area contributed by atoms with Gasteiger partial charge in [-0.1, -0.05) is 62.4 Å². The second-order valence-electron chi connectivity index (χ2n) is 7.56. The maximum atomic E-state index is 13.1. The summed E-state index contributed by atoms with van der Waals surface area (Å²) in [6, 6.07) is 20.5. The summed E-state index contributed by atoms with van der Waals surface area (Å²) < 4.78 is 3.20. The van der Waals surface area contributed by atoms with E-state index in [0.29, 0.717) is 28.2 Å². The minimum absolute atomic E-state index is 0.222. The van der Waals surface area contributed by atoms with Crippen LogP contribution in [0.4, 0.5) is 5.82 Å². The van der Waals surface area contributed by atoms with Crippen LogP contribution in [0.25, 0.3) is 28.0 Å². The first-order valence-corrected chi connectivity index (χ1v) is 11.2. The van der Waals surface area contributed by atoms with Gasteiger partial charge in [0, 0.05) is 17.2 Å². The molecule has 0 aliphatic carbocycles. The minimum Gasteiger partial charge on any atom is -0.383 e. The van der Waals surface area contributed by atoms with E-state index in [9.17, 15) is 4.79 Å². The van der Waals surface area contributed by atoms with E-state index < -0.39 is 0 Å². The number of hydrogen-bond acceptors (Lipinski definition) is 6. The number of anilines is 1. The number of hydrogen-bond donors (Lipinski definition) is 1. The number of para-hydroxylation sites is 1. The number of aromatic nitrogens is 6. The normalized spacial score (nSPS) is 11.6. The average Bonchev–Trinajstić information content (AvgIpc) is 3.23. The molecule has 1 unspecified atom stereocenters. The molecule has 3 heterocycles. The van der Waals surface area contributed by atoms with Crippen molar-refractivity contribution >= 4 is 16.9 Å². The number of aryl methyl sites for hydroxylation is 1. The number of rotatable bonds is 4. The Morgan fingerprint density at radius 1 is 0.912 bits per heavy atom. The van der Waals surface area contributed by atoms with Gasteiger partial charge in [-0.2, -0.15) is 14.9 Å². The third-order valence-corrected chi connectivity index (χ3v) is 5.52. The average molecular weight is 454 g/mol. The van der Waals surface area contributed by atoms with Crippen LogP contribution < -0.4 is 11.3 Å². The number of nitrogens with zero attached hydrogens (tertiary/aromatic N) is 6. The number of nitrogen functional groups attached to an aromatic ring is 1. The highest BCUT2D eigenvalue weighted by Gasteiger charge is 2.23. The Balaban J connectivity index is 0.00000133. The number of nitrogens with two attached hydrogens (primary N) is 1. The quantitative estimate of drug-likeness (QED) is 0.428. The van der Waals surface area contributed by atoms with E-state index >= 15 is 0 Å². The molecule has 0 saturated heterocycles. The van der Waals surface area contributed by atoms with Gasteiger partial charge in [0.05, 0.1) is 28.5 Å². The van der Waals surface area contributed by atoms with E-state index in [1.165, 1.54) is 11.0 Å². The Labute approximate surface area is 197 Å². The van der Waals surface area contributed by atoms with Gasteiger partial charge in [0.25, 0.3) is 5.56 Å².